The molecule has 0 aliphatic heterocycles. The molecule has 0 atom stereocenters. The highest BCUT2D eigenvalue weighted by Gasteiger charge is 2.15. The zero-order chi connectivity index (χ0) is 23.4. The average molecular weight is 356 g/mol. The number of nitrogens with zero attached hydrogens (tertiary/aromatic N) is 2. The first kappa shape index (κ1) is 10.6. The summed E-state index contributed by atoms with van der Waals surface area (Å²) in [4.78, 5) is 9.07. The Balaban J connectivity index is 1.78. The molecule has 5 aromatic rings. The molecule has 0 N–H and O–H groups in total. The Morgan fingerprint density at radius 3 is 2.63 bits per heavy atom. The highest BCUT2D eigenvalue weighted by Crippen LogP contribution is 2.35. The highest BCUT2D eigenvalue weighted by atomic mass is 16.3. The van der Waals surface area contributed by atoms with Crippen molar-refractivity contribution in [1.29, 1.82) is 0 Å². The van der Waals surface area contributed by atoms with Gasteiger partial charge in [0.1, 0.15) is 5.52 Å². The van der Waals surface area contributed by atoms with E-state index < -0.39 is 13.7 Å². The molecule has 3 nitrogen and oxygen atoms in total. The Morgan fingerprint density at radius 1 is 0.889 bits per heavy atom. The maximum absolute atomic E-state index is 7.87. The van der Waals surface area contributed by atoms with Gasteiger partial charge in [0, 0.05) is 30.9 Å². The molecule has 0 unspecified atom stereocenters. The summed E-state index contributed by atoms with van der Waals surface area (Å²) in [6.07, 6.45) is 1.14. The lowest BCUT2D eigenvalue weighted by Crippen LogP contribution is -1.90. The topological polar surface area (TPSA) is 38.9 Å². The van der Waals surface area contributed by atoms with Gasteiger partial charge >= 0.3 is 0 Å². The van der Waals surface area contributed by atoms with Crippen LogP contribution >= 0.6 is 0 Å². The predicted molar refractivity (Wildman–Crippen MR) is 110 cm³/mol. The zero-order valence-electron chi connectivity index (χ0n) is 20.2. The Morgan fingerprint density at radius 2 is 1.78 bits per heavy atom. The zero-order valence-corrected chi connectivity index (χ0v) is 14.2. The fraction of sp³-hybridized carbons (Fsp3) is 0.0833. The van der Waals surface area contributed by atoms with Crippen molar-refractivity contribution < 1.29 is 12.6 Å². The quantitative estimate of drug-likeness (QED) is 0.371. The second-order valence-electron chi connectivity index (χ2n) is 6.32. The summed E-state index contributed by atoms with van der Waals surface area (Å²) in [5.41, 5.74) is 2.54. The standard InChI is InChI=1S/C24H18N2O/c1-15-13-20(25-14-16(15)2)19-10-6-9-17-11-12-21-23(22(17)19)26-24(27-21)18-7-4-3-5-8-18/h3-14H,1-2H3/i1D3,2D3. The highest BCUT2D eigenvalue weighted by molar-refractivity contribution is 6.11. The molecule has 3 aromatic carbocycles. The van der Waals surface area contributed by atoms with E-state index in [1.807, 2.05) is 60.7 Å². The van der Waals surface area contributed by atoms with Gasteiger partial charge in [0.25, 0.3) is 0 Å². The van der Waals surface area contributed by atoms with Crippen LogP contribution in [-0.2, 0) is 0 Å². The van der Waals surface area contributed by atoms with Crippen molar-refractivity contribution in [1.82, 2.24) is 9.97 Å². The number of hydrogen-bond donors (Lipinski definition) is 0. The van der Waals surface area contributed by atoms with Crippen LogP contribution in [0.5, 0.6) is 0 Å². The van der Waals surface area contributed by atoms with Gasteiger partial charge in [-0.15, -0.1) is 0 Å². The van der Waals surface area contributed by atoms with E-state index in [0.717, 1.165) is 22.5 Å². The van der Waals surface area contributed by atoms with E-state index in [4.69, 9.17) is 17.6 Å². The van der Waals surface area contributed by atoms with Gasteiger partial charge in [-0.25, -0.2) is 4.98 Å². The van der Waals surface area contributed by atoms with Crippen LogP contribution in [0.1, 0.15) is 19.4 Å². The number of aryl methyl sites for hydroxylation is 2. The Kier molecular flexibility index (Phi) is 2.39. The van der Waals surface area contributed by atoms with Crippen molar-refractivity contribution in [2.45, 2.75) is 13.7 Å². The lowest BCUT2D eigenvalue weighted by molar-refractivity contribution is 0.620. The van der Waals surface area contributed by atoms with Crippen LogP contribution in [-0.4, -0.2) is 9.97 Å². The van der Waals surface area contributed by atoms with Crippen LogP contribution in [0.3, 0.4) is 0 Å². The van der Waals surface area contributed by atoms with Gasteiger partial charge in [-0.1, -0.05) is 42.5 Å². The normalized spacial score (nSPS) is 15.6. The summed E-state index contributed by atoms with van der Waals surface area (Å²) < 4.78 is 52.8. The van der Waals surface area contributed by atoms with E-state index in [1.165, 1.54) is 6.07 Å². The molecule has 3 heteroatoms. The van der Waals surface area contributed by atoms with Gasteiger partial charge in [-0.05, 0) is 54.5 Å². The van der Waals surface area contributed by atoms with Crippen LogP contribution in [0.15, 0.2) is 77.3 Å². The Labute approximate surface area is 165 Å². The molecule has 5 rings (SSSR count). The molecule has 0 spiro atoms. The number of fused-ring (bicyclic) bond motifs is 3. The molecule has 130 valence electrons. The van der Waals surface area contributed by atoms with Crippen LogP contribution in [0.4, 0.5) is 0 Å². The molecule has 2 heterocycles. The monoisotopic (exact) mass is 356 g/mol. The summed E-state index contributed by atoms with van der Waals surface area (Å²) in [7, 11) is 0. The molecule has 0 aliphatic carbocycles. The molecule has 27 heavy (non-hydrogen) atoms. The predicted octanol–water partition coefficient (Wildman–Crippen LogP) is 6.33. The third-order valence-corrected chi connectivity index (χ3v) is 4.60. The summed E-state index contributed by atoms with van der Waals surface area (Å²) >= 11 is 0. The second-order valence-corrected chi connectivity index (χ2v) is 6.32. The maximum atomic E-state index is 7.87. The first-order valence-electron chi connectivity index (χ1n) is 11.5. The average Bonchev–Trinajstić information content (AvgIpc) is 3.22. The summed E-state index contributed by atoms with van der Waals surface area (Å²) in [6, 6.07) is 20.2. The molecule has 0 amide bonds. The van der Waals surface area contributed by atoms with Crippen molar-refractivity contribution in [3.8, 4) is 22.7 Å². The van der Waals surface area contributed by atoms with Crippen LogP contribution in [0.25, 0.3) is 44.6 Å². The number of pyridine rings is 1. The van der Waals surface area contributed by atoms with Gasteiger partial charge in [0.05, 0.1) is 5.69 Å². The van der Waals surface area contributed by atoms with Gasteiger partial charge in [-0.2, -0.15) is 0 Å². The van der Waals surface area contributed by atoms with E-state index in [2.05, 4.69) is 4.98 Å². The molecule has 0 bridgehead atoms. The van der Waals surface area contributed by atoms with E-state index in [-0.39, 0.29) is 11.1 Å². The van der Waals surface area contributed by atoms with Crippen LogP contribution in [0, 0.1) is 13.7 Å². The molecular formula is C24H18N2O. The molecule has 0 saturated carbocycles. The van der Waals surface area contributed by atoms with Gasteiger partial charge in [0.2, 0.25) is 5.89 Å². The first-order valence-corrected chi connectivity index (χ1v) is 8.52. The molecule has 2 aromatic heterocycles. The maximum Gasteiger partial charge on any atom is 0.227 e. The largest absolute Gasteiger partial charge is 0.436 e. The van der Waals surface area contributed by atoms with Crippen LogP contribution in [0.2, 0.25) is 0 Å². The van der Waals surface area contributed by atoms with Gasteiger partial charge in [-0.3, -0.25) is 4.98 Å². The third kappa shape index (κ3) is 2.59. The number of oxazole rings is 1. The van der Waals surface area contributed by atoms with E-state index in [1.54, 1.807) is 0 Å². The lowest BCUT2D eigenvalue weighted by atomic mass is 9.99. The molecule has 0 aliphatic rings. The van der Waals surface area contributed by atoms with E-state index in [9.17, 15) is 0 Å². The van der Waals surface area contributed by atoms with Gasteiger partial charge < -0.3 is 4.42 Å². The Hall–Kier alpha value is -3.46. The smallest absolute Gasteiger partial charge is 0.227 e. The molecule has 0 radical (unpaired) electrons. The number of rotatable bonds is 2. The SMILES string of the molecule is [2H]C([2H])([2H])c1cnc(-c2cccc3ccc4oc(-c5ccccc5)nc4c23)cc1C([2H])([2H])[2H]. The summed E-state index contributed by atoms with van der Waals surface area (Å²) in [6.45, 7) is -5.19. The van der Waals surface area contributed by atoms with Gasteiger partial charge in [0.15, 0.2) is 5.58 Å². The number of aromatic nitrogens is 2. The van der Waals surface area contributed by atoms with Crippen molar-refractivity contribution in [3.05, 3.63) is 84.1 Å². The van der Waals surface area contributed by atoms with Crippen molar-refractivity contribution in [3.63, 3.8) is 0 Å². The number of benzene rings is 3. The first-order chi connectivity index (χ1) is 15.6. The van der Waals surface area contributed by atoms with E-state index >= 15 is 0 Å². The molecule has 0 saturated heterocycles. The minimum Gasteiger partial charge on any atom is -0.436 e. The minimum atomic E-state index is -2.60. The fourth-order valence-electron chi connectivity index (χ4n) is 3.28. The fourth-order valence-corrected chi connectivity index (χ4v) is 3.28. The van der Waals surface area contributed by atoms with Crippen molar-refractivity contribution in [2.24, 2.45) is 0 Å². The molecular weight excluding hydrogens is 332 g/mol. The lowest BCUT2D eigenvalue weighted by Gasteiger charge is -2.08. The third-order valence-electron chi connectivity index (χ3n) is 4.60. The number of hydrogen-bond acceptors (Lipinski definition) is 3. The summed E-state index contributed by atoms with van der Waals surface area (Å²) in [5, 5.41) is 1.64. The summed E-state index contributed by atoms with van der Waals surface area (Å²) in [5.74, 6) is 0.474. The minimum absolute atomic E-state index is 0.234. The van der Waals surface area contributed by atoms with Crippen molar-refractivity contribution in [2.75, 3.05) is 0 Å². The second kappa shape index (κ2) is 6.06. The molecule has 0 fully saturated rings. The van der Waals surface area contributed by atoms with Crippen molar-refractivity contribution >= 4 is 21.9 Å². The van der Waals surface area contributed by atoms with Crippen LogP contribution < -0.4 is 0 Å². The Bertz CT molecular complexity index is 1490. The van der Waals surface area contributed by atoms with E-state index in [0.29, 0.717) is 28.2 Å².